The zero-order chi connectivity index (χ0) is 18.8. The number of nitrogens with zero attached hydrogens (tertiary/aromatic N) is 5. The van der Waals surface area contributed by atoms with Crippen LogP contribution in [0.15, 0.2) is 46.1 Å². The number of rotatable bonds is 4. The van der Waals surface area contributed by atoms with Crippen LogP contribution in [0.25, 0.3) is 0 Å². The quantitative estimate of drug-likeness (QED) is 0.806. The molecule has 1 aromatic rings. The zero-order valence-corrected chi connectivity index (χ0v) is 15.8. The van der Waals surface area contributed by atoms with Crippen molar-refractivity contribution in [1.29, 1.82) is 0 Å². The maximum Gasteiger partial charge on any atom is 0.227 e. The van der Waals surface area contributed by atoms with Crippen molar-refractivity contribution in [3.05, 3.63) is 41.7 Å². The minimum Gasteiger partial charge on any atom is -0.496 e. The Labute approximate surface area is 159 Å². The predicted molar refractivity (Wildman–Crippen MR) is 105 cm³/mol. The fourth-order valence-electron chi connectivity index (χ4n) is 3.67. The molecule has 27 heavy (non-hydrogen) atoms. The number of amides is 1. The minimum atomic E-state index is 0.139. The molecule has 3 heterocycles. The van der Waals surface area contributed by atoms with E-state index in [1.807, 2.05) is 35.5 Å². The highest BCUT2D eigenvalue weighted by atomic mass is 16.5. The van der Waals surface area contributed by atoms with E-state index in [-0.39, 0.29) is 5.91 Å². The molecule has 3 aliphatic rings. The summed E-state index contributed by atoms with van der Waals surface area (Å²) >= 11 is 0. The second kappa shape index (κ2) is 7.42. The largest absolute Gasteiger partial charge is 0.496 e. The predicted octanol–water partition coefficient (Wildman–Crippen LogP) is 1.37. The highest BCUT2D eigenvalue weighted by Gasteiger charge is 2.28. The van der Waals surface area contributed by atoms with Crippen LogP contribution < -0.4 is 4.74 Å². The van der Waals surface area contributed by atoms with E-state index in [1.165, 1.54) is 0 Å². The molecule has 4 rings (SSSR count). The van der Waals surface area contributed by atoms with Gasteiger partial charge in [-0.25, -0.2) is 4.99 Å². The smallest absolute Gasteiger partial charge is 0.227 e. The molecule has 1 unspecified atom stereocenters. The van der Waals surface area contributed by atoms with E-state index >= 15 is 0 Å². The summed E-state index contributed by atoms with van der Waals surface area (Å²) in [6.07, 6.45) is 4.30. The number of amidine groups is 1. The molecule has 0 N–H and O–H groups in total. The van der Waals surface area contributed by atoms with Crippen molar-refractivity contribution in [2.45, 2.75) is 19.4 Å². The lowest BCUT2D eigenvalue weighted by Crippen LogP contribution is -2.49. The van der Waals surface area contributed by atoms with Crippen LogP contribution >= 0.6 is 0 Å². The number of carbonyl (C=O) groups is 1. The van der Waals surface area contributed by atoms with Gasteiger partial charge in [-0.1, -0.05) is 18.2 Å². The number of methoxy groups -OCH3 is 1. The molecule has 0 bridgehead atoms. The summed E-state index contributed by atoms with van der Waals surface area (Å²) in [6.45, 7) is 5.93. The van der Waals surface area contributed by atoms with E-state index < -0.39 is 0 Å². The van der Waals surface area contributed by atoms with Crippen molar-refractivity contribution in [2.24, 2.45) is 9.98 Å². The summed E-state index contributed by atoms with van der Waals surface area (Å²) in [7, 11) is 1.64. The molecule has 0 spiro atoms. The van der Waals surface area contributed by atoms with Gasteiger partial charge in [-0.2, -0.15) is 0 Å². The Balaban J connectivity index is 1.35. The number of aliphatic imine (C=N–C) groups is 2. The normalized spacial score (nSPS) is 21.7. The van der Waals surface area contributed by atoms with Gasteiger partial charge in [-0.05, 0) is 13.0 Å². The van der Waals surface area contributed by atoms with Gasteiger partial charge in [0.05, 0.1) is 32.5 Å². The first kappa shape index (κ1) is 17.6. The highest BCUT2D eigenvalue weighted by Crippen LogP contribution is 2.21. The molecule has 1 atom stereocenters. The summed E-state index contributed by atoms with van der Waals surface area (Å²) in [4.78, 5) is 28.1. The van der Waals surface area contributed by atoms with E-state index in [0.717, 1.165) is 42.6 Å². The van der Waals surface area contributed by atoms with Gasteiger partial charge >= 0.3 is 0 Å². The lowest BCUT2D eigenvalue weighted by Gasteiger charge is -2.37. The van der Waals surface area contributed by atoms with Gasteiger partial charge in [-0.3, -0.25) is 9.79 Å². The van der Waals surface area contributed by atoms with Gasteiger partial charge in [0.2, 0.25) is 5.91 Å². The number of carbonyl (C=O) groups excluding carboxylic acids is 1. The van der Waals surface area contributed by atoms with E-state index in [0.29, 0.717) is 25.6 Å². The first-order valence-corrected chi connectivity index (χ1v) is 9.39. The summed E-state index contributed by atoms with van der Waals surface area (Å²) in [5, 5.41) is 0. The van der Waals surface area contributed by atoms with E-state index in [2.05, 4.69) is 32.8 Å². The van der Waals surface area contributed by atoms with Crippen LogP contribution in [-0.4, -0.2) is 78.7 Å². The van der Waals surface area contributed by atoms with Crippen molar-refractivity contribution >= 4 is 18.1 Å². The molecule has 142 valence electrons. The Morgan fingerprint density at radius 2 is 2.00 bits per heavy atom. The van der Waals surface area contributed by atoms with Crippen LogP contribution in [0, 0.1) is 0 Å². The molecule has 1 fully saturated rings. The molecule has 0 aliphatic carbocycles. The van der Waals surface area contributed by atoms with E-state index in [4.69, 9.17) is 4.74 Å². The van der Waals surface area contributed by atoms with Crippen LogP contribution in [0.4, 0.5) is 0 Å². The Bertz CT molecular complexity index is 808. The molecular weight excluding hydrogens is 342 g/mol. The first-order chi connectivity index (χ1) is 13.2. The Morgan fingerprint density at radius 3 is 2.78 bits per heavy atom. The van der Waals surface area contributed by atoms with Crippen molar-refractivity contribution in [2.75, 3.05) is 39.8 Å². The SMILES string of the molecule is COc1ccccc1CC(=O)N1CCN(C2=CC3=NCC(C)N3C=N2)CC1. The van der Waals surface area contributed by atoms with E-state index in [1.54, 1.807) is 7.11 Å². The number of para-hydroxylation sites is 1. The second-order valence-corrected chi connectivity index (χ2v) is 7.06. The summed E-state index contributed by atoms with van der Waals surface area (Å²) in [5.74, 6) is 2.83. The Kier molecular flexibility index (Phi) is 4.83. The van der Waals surface area contributed by atoms with Gasteiger partial charge in [0.15, 0.2) is 0 Å². The summed E-state index contributed by atoms with van der Waals surface area (Å²) in [6, 6.07) is 8.08. The third kappa shape index (κ3) is 3.54. The lowest BCUT2D eigenvalue weighted by molar-refractivity contribution is -0.132. The third-order valence-electron chi connectivity index (χ3n) is 5.32. The lowest BCUT2D eigenvalue weighted by atomic mass is 10.1. The van der Waals surface area contributed by atoms with Gasteiger partial charge in [0, 0.05) is 37.8 Å². The topological polar surface area (TPSA) is 60.7 Å². The van der Waals surface area contributed by atoms with Crippen molar-refractivity contribution in [1.82, 2.24) is 14.7 Å². The second-order valence-electron chi connectivity index (χ2n) is 7.06. The minimum absolute atomic E-state index is 0.139. The average molecular weight is 367 g/mol. The zero-order valence-electron chi connectivity index (χ0n) is 15.8. The Morgan fingerprint density at radius 1 is 1.22 bits per heavy atom. The highest BCUT2D eigenvalue weighted by molar-refractivity contribution is 6.03. The average Bonchev–Trinajstić information content (AvgIpc) is 3.09. The number of ether oxygens (including phenoxy) is 1. The van der Waals surface area contributed by atoms with Gasteiger partial charge in [-0.15, -0.1) is 0 Å². The fourth-order valence-corrected chi connectivity index (χ4v) is 3.67. The third-order valence-corrected chi connectivity index (χ3v) is 5.32. The monoisotopic (exact) mass is 367 g/mol. The molecule has 0 radical (unpaired) electrons. The van der Waals surface area contributed by atoms with Crippen molar-refractivity contribution in [3.8, 4) is 5.75 Å². The molecule has 0 aromatic heterocycles. The summed E-state index contributed by atoms with van der Waals surface area (Å²) in [5.41, 5.74) is 0.931. The van der Waals surface area contributed by atoms with Gasteiger partial charge < -0.3 is 19.4 Å². The molecule has 1 amide bonds. The van der Waals surface area contributed by atoms with Crippen LogP contribution in [0.3, 0.4) is 0 Å². The van der Waals surface area contributed by atoms with Gasteiger partial charge in [0.25, 0.3) is 0 Å². The maximum atomic E-state index is 12.7. The molecule has 7 heteroatoms. The molecular formula is C20H25N5O2. The standard InChI is InChI=1S/C20H25N5O2/c1-15-13-21-19-12-18(22-14-25(15)19)23-7-9-24(10-8-23)20(26)11-16-5-3-4-6-17(16)27-2/h3-6,12,14-15H,7-11,13H2,1-2H3. The van der Waals surface area contributed by atoms with Crippen LogP contribution in [0.5, 0.6) is 5.75 Å². The first-order valence-electron chi connectivity index (χ1n) is 9.39. The van der Waals surface area contributed by atoms with Crippen LogP contribution in [0.1, 0.15) is 12.5 Å². The molecule has 0 saturated carbocycles. The van der Waals surface area contributed by atoms with Crippen LogP contribution in [0.2, 0.25) is 0 Å². The van der Waals surface area contributed by atoms with Crippen LogP contribution in [-0.2, 0) is 11.2 Å². The number of benzene rings is 1. The fraction of sp³-hybridized carbons (Fsp3) is 0.450. The molecule has 1 saturated heterocycles. The number of hydrogen-bond acceptors (Lipinski definition) is 6. The van der Waals surface area contributed by atoms with Crippen molar-refractivity contribution in [3.63, 3.8) is 0 Å². The number of piperazine rings is 1. The summed E-state index contributed by atoms with van der Waals surface area (Å²) < 4.78 is 5.35. The number of fused-ring (bicyclic) bond motifs is 1. The number of hydrogen-bond donors (Lipinski definition) is 0. The van der Waals surface area contributed by atoms with Crippen molar-refractivity contribution < 1.29 is 9.53 Å². The molecule has 3 aliphatic heterocycles. The Hall–Kier alpha value is -2.83. The van der Waals surface area contributed by atoms with E-state index in [9.17, 15) is 4.79 Å². The maximum absolute atomic E-state index is 12.7. The van der Waals surface area contributed by atoms with Gasteiger partial charge in [0.1, 0.15) is 17.4 Å². The molecule has 1 aromatic carbocycles. The molecule has 7 nitrogen and oxygen atoms in total.